The number of nitrogens with zero attached hydrogens (tertiary/aromatic N) is 1. The number of halogens is 1. The van der Waals surface area contributed by atoms with E-state index in [0.717, 1.165) is 0 Å². The Morgan fingerprint density at radius 3 is 2.71 bits per heavy atom. The van der Waals surface area contributed by atoms with Crippen LogP contribution in [0.3, 0.4) is 0 Å². The molecule has 0 radical (unpaired) electrons. The molecule has 3 heteroatoms. The Morgan fingerprint density at radius 1 is 1.43 bits per heavy atom. The van der Waals surface area contributed by atoms with Gasteiger partial charge in [0, 0.05) is 20.1 Å². The first-order valence-electron chi connectivity index (χ1n) is 4.71. The number of rotatable bonds is 7. The quantitative estimate of drug-likeness (QED) is 0.633. The number of allylic oxidation sites excluding steroid dienone is 4. The molecule has 0 aromatic heterocycles. The van der Waals surface area contributed by atoms with E-state index in [1.54, 1.807) is 6.08 Å². The van der Waals surface area contributed by atoms with E-state index in [1.165, 1.54) is 0 Å². The maximum atomic E-state index is 12.7. The van der Waals surface area contributed by atoms with E-state index < -0.39 is 6.17 Å². The van der Waals surface area contributed by atoms with E-state index >= 15 is 0 Å². The predicted octanol–water partition coefficient (Wildman–Crippen LogP) is 1.86. The molecule has 0 saturated heterocycles. The second-order valence-corrected chi connectivity index (χ2v) is 3.06. The lowest BCUT2D eigenvalue weighted by molar-refractivity contribution is 0.290. The fourth-order valence-corrected chi connectivity index (χ4v) is 0.875. The summed E-state index contributed by atoms with van der Waals surface area (Å²) in [4.78, 5) is 1.93. The molecule has 14 heavy (non-hydrogen) atoms. The highest BCUT2D eigenvalue weighted by molar-refractivity contribution is 5.08. The monoisotopic (exact) mass is 198 g/mol. The van der Waals surface area contributed by atoms with Crippen molar-refractivity contribution in [1.29, 1.82) is 0 Å². The molecule has 0 aliphatic heterocycles. The van der Waals surface area contributed by atoms with Crippen LogP contribution >= 0.6 is 0 Å². The summed E-state index contributed by atoms with van der Waals surface area (Å²) in [5, 5.41) is 0. The average Bonchev–Trinajstić information content (AvgIpc) is 2.21. The third kappa shape index (κ3) is 7.55. The van der Waals surface area contributed by atoms with Gasteiger partial charge in [0.1, 0.15) is 6.17 Å². The van der Waals surface area contributed by atoms with Crippen LogP contribution in [0.25, 0.3) is 0 Å². The van der Waals surface area contributed by atoms with Gasteiger partial charge in [-0.05, 0) is 18.7 Å². The first-order chi connectivity index (χ1) is 6.70. The van der Waals surface area contributed by atoms with Crippen LogP contribution in [-0.4, -0.2) is 31.2 Å². The van der Waals surface area contributed by atoms with E-state index in [0.29, 0.717) is 13.0 Å². The molecule has 0 spiro atoms. The van der Waals surface area contributed by atoms with Gasteiger partial charge in [-0.3, -0.25) is 0 Å². The molecule has 0 amide bonds. The van der Waals surface area contributed by atoms with Gasteiger partial charge in [-0.25, -0.2) is 4.39 Å². The van der Waals surface area contributed by atoms with E-state index in [1.807, 2.05) is 36.4 Å². The van der Waals surface area contributed by atoms with Crippen molar-refractivity contribution in [2.45, 2.75) is 12.6 Å². The van der Waals surface area contributed by atoms with Crippen LogP contribution in [0, 0.1) is 0 Å². The topological polar surface area (TPSA) is 29.3 Å². The zero-order valence-electron chi connectivity index (χ0n) is 8.70. The van der Waals surface area contributed by atoms with Crippen LogP contribution < -0.4 is 5.73 Å². The molecule has 0 aliphatic rings. The van der Waals surface area contributed by atoms with Gasteiger partial charge >= 0.3 is 0 Å². The van der Waals surface area contributed by atoms with Gasteiger partial charge in [-0.1, -0.05) is 24.8 Å². The fraction of sp³-hybridized carbons (Fsp3) is 0.455. The minimum absolute atomic E-state index is 0.105. The average molecular weight is 198 g/mol. The molecule has 0 bridgehead atoms. The van der Waals surface area contributed by atoms with Gasteiger partial charge in [0.05, 0.1) is 0 Å². The molecule has 0 fully saturated rings. The highest BCUT2D eigenvalue weighted by Crippen LogP contribution is 1.97. The van der Waals surface area contributed by atoms with E-state index in [4.69, 9.17) is 5.73 Å². The number of alkyl halides is 1. The molecule has 0 heterocycles. The molecule has 0 rings (SSSR count). The zero-order valence-corrected chi connectivity index (χ0v) is 8.70. The Kier molecular flexibility index (Phi) is 7.84. The van der Waals surface area contributed by atoms with Crippen LogP contribution in [0.4, 0.5) is 4.39 Å². The fourth-order valence-electron chi connectivity index (χ4n) is 0.875. The van der Waals surface area contributed by atoms with Gasteiger partial charge in [-0.2, -0.15) is 0 Å². The van der Waals surface area contributed by atoms with Crippen molar-refractivity contribution < 1.29 is 4.39 Å². The normalized spacial score (nSPS) is 13.6. The van der Waals surface area contributed by atoms with Crippen LogP contribution in [0.5, 0.6) is 0 Å². The van der Waals surface area contributed by atoms with Gasteiger partial charge in [-0.15, -0.1) is 0 Å². The molecular weight excluding hydrogens is 179 g/mol. The standard InChI is InChI=1S/C11H19FN2/c1-3-4-5-6-8-14(2)9-7-11(12)10-13/h3-6,8,11H,1,7,9-10,13H2,2H3/b5-4-,8-6-. The first kappa shape index (κ1) is 12.9. The molecule has 0 aliphatic carbocycles. The summed E-state index contributed by atoms with van der Waals surface area (Å²) in [5.74, 6) is 0. The molecule has 2 nitrogen and oxygen atoms in total. The summed E-state index contributed by atoms with van der Waals surface area (Å²) in [6, 6.07) is 0. The van der Waals surface area contributed by atoms with Gasteiger partial charge < -0.3 is 10.6 Å². The Morgan fingerprint density at radius 2 is 2.14 bits per heavy atom. The minimum atomic E-state index is -0.894. The Labute approximate surface area is 85.6 Å². The lowest BCUT2D eigenvalue weighted by atomic mass is 10.2. The smallest absolute Gasteiger partial charge is 0.114 e. The van der Waals surface area contributed by atoms with Crippen LogP contribution in [0.15, 0.2) is 37.1 Å². The second kappa shape index (κ2) is 8.51. The van der Waals surface area contributed by atoms with E-state index in [9.17, 15) is 4.39 Å². The largest absolute Gasteiger partial charge is 0.380 e. The molecule has 1 unspecified atom stereocenters. The number of hydrogen-bond donors (Lipinski definition) is 1. The SMILES string of the molecule is C=C/C=C\C=C/N(C)CCC(F)CN. The van der Waals surface area contributed by atoms with Crippen molar-refractivity contribution in [2.75, 3.05) is 20.1 Å². The van der Waals surface area contributed by atoms with Crippen LogP contribution in [-0.2, 0) is 0 Å². The molecule has 1 atom stereocenters. The molecule has 0 saturated carbocycles. The summed E-state index contributed by atoms with van der Waals surface area (Å²) < 4.78 is 12.7. The van der Waals surface area contributed by atoms with Crippen molar-refractivity contribution in [3.63, 3.8) is 0 Å². The van der Waals surface area contributed by atoms with Crippen molar-refractivity contribution in [3.8, 4) is 0 Å². The highest BCUT2D eigenvalue weighted by Gasteiger charge is 2.02. The highest BCUT2D eigenvalue weighted by atomic mass is 19.1. The van der Waals surface area contributed by atoms with Crippen molar-refractivity contribution in [1.82, 2.24) is 4.90 Å². The summed E-state index contributed by atoms with van der Waals surface area (Å²) in [6.45, 7) is 4.33. The van der Waals surface area contributed by atoms with Crippen molar-refractivity contribution >= 4 is 0 Å². The maximum Gasteiger partial charge on any atom is 0.114 e. The van der Waals surface area contributed by atoms with Crippen LogP contribution in [0.2, 0.25) is 0 Å². The number of nitrogens with two attached hydrogens (primary N) is 1. The summed E-state index contributed by atoms with van der Waals surface area (Å²) >= 11 is 0. The van der Waals surface area contributed by atoms with Gasteiger partial charge in [0.2, 0.25) is 0 Å². The Bertz CT molecular complexity index is 199. The van der Waals surface area contributed by atoms with Gasteiger partial charge in [0.25, 0.3) is 0 Å². The molecule has 0 aromatic carbocycles. The van der Waals surface area contributed by atoms with Crippen molar-refractivity contribution in [3.05, 3.63) is 37.1 Å². The minimum Gasteiger partial charge on any atom is -0.380 e. The predicted molar refractivity (Wildman–Crippen MR) is 59.7 cm³/mol. The Hall–Kier alpha value is -1.09. The Balaban J connectivity index is 3.63. The molecule has 0 aromatic rings. The van der Waals surface area contributed by atoms with E-state index in [2.05, 4.69) is 6.58 Å². The zero-order chi connectivity index (χ0) is 10.8. The summed E-state index contributed by atoms with van der Waals surface area (Å²) in [6.07, 6.45) is 8.77. The van der Waals surface area contributed by atoms with Crippen molar-refractivity contribution in [2.24, 2.45) is 5.73 Å². The van der Waals surface area contributed by atoms with Crippen LogP contribution in [0.1, 0.15) is 6.42 Å². The maximum absolute atomic E-state index is 12.7. The third-order valence-corrected chi connectivity index (χ3v) is 1.75. The number of hydrogen-bond acceptors (Lipinski definition) is 2. The second-order valence-electron chi connectivity index (χ2n) is 3.06. The molecular formula is C11H19FN2. The van der Waals surface area contributed by atoms with E-state index in [-0.39, 0.29) is 6.54 Å². The molecule has 2 N–H and O–H groups in total. The lowest BCUT2D eigenvalue weighted by Crippen LogP contribution is -2.21. The lowest BCUT2D eigenvalue weighted by Gasteiger charge is -2.14. The third-order valence-electron chi connectivity index (χ3n) is 1.75. The molecule has 80 valence electrons. The summed E-state index contributed by atoms with van der Waals surface area (Å²) in [7, 11) is 1.90. The van der Waals surface area contributed by atoms with Gasteiger partial charge in [0.15, 0.2) is 0 Å². The first-order valence-corrected chi connectivity index (χ1v) is 4.71. The summed E-state index contributed by atoms with van der Waals surface area (Å²) in [5.41, 5.74) is 5.16.